The summed E-state index contributed by atoms with van der Waals surface area (Å²) in [6.07, 6.45) is 2.48. The molecule has 3 aromatic heterocycles. The first-order valence-corrected chi connectivity index (χ1v) is 9.59. The second kappa shape index (κ2) is 7.63. The van der Waals surface area contributed by atoms with Crippen molar-refractivity contribution in [1.82, 2.24) is 14.5 Å². The lowest BCUT2D eigenvalue weighted by molar-refractivity contribution is 0.209. The Morgan fingerprint density at radius 1 is 1.24 bits per heavy atom. The van der Waals surface area contributed by atoms with E-state index in [1.54, 1.807) is 12.1 Å². The highest BCUT2D eigenvalue weighted by molar-refractivity contribution is 7.71. The first-order chi connectivity index (χ1) is 14.0. The van der Waals surface area contributed by atoms with E-state index in [4.69, 9.17) is 26.1 Å². The van der Waals surface area contributed by atoms with Crippen LogP contribution in [0.1, 0.15) is 20.3 Å². The first kappa shape index (κ1) is 19.1. The summed E-state index contributed by atoms with van der Waals surface area (Å²) < 4.78 is 18.0. The van der Waals surface area contributed by atoms with Crippen LogP contribution < -0.4 is 15.0 Å². The van der Waals surface area contributed by atoms with Gasteiger partial charge in [0.15, 0.2) is 11.3 Å². The smallest absolute Gasteiger partial charge is 0.288 e. The minimum Gasteiger partial charge on any atom is -0.493 e. The van der Waals surface area contributed by atoms with Crippen LogP contribution in [0.2, 0.25) is 0 Å². The summed E-state index contributed by atoms with van der Waals surface area (Å²) in [5.41, 5.74) is 1.33. The molecule has 0 radical (unpaired) electrons. The largest absolute Gasteiger partial charge is 0.493 e. The highest BCUT2D eigenvalue weighted by atomic mass is 32.1. The van der Waals surface area contributed by atoms with E-state index in [9.17, 15) is 4.79 Å². The van der Waals surface area contributed by atoms with E-state index in [0.29, 0.717) is 17.3 Å². The molecule has 0 N–H and O–H groups in total. The van der Waals surface area contributed by atoms with E-state index >= 15 is 0 Å². The molecule has 0 saturated heterocycles. The summed E-state index contributed by atoms with van der Waals surface area (Å²) >= 11 is 5.34. The van der Waals surface area contributed by atoms with Crippen LogP contribution in [-0.4, -0.2) is 27.7 Å². The predicted molar refractivity (Wildman–Crippen MR) is 113 cm³/mol. The summed E-state index contributed by atoms with van der Waals surface area (Å²) in [6, 6.07) is 10.7. The number of ether oxygens (including phenoxy) is 2. The molecule has 8 heteroatoms. The Labute approximate surface area is 171 Å². The monoisotopic (exact) mass is 409 g/mol. The molecule has 0 aliphatic carbocycles. The van der Waals surface area contributed by atoms with Gasteiger partial charge in [-0.05, 0) is 49.8 Å². The third-order valence-corrected chi connectivity index (χ3v) is 4.93. The topological polar surface area (TPSA) is 79.4 Å². The summed E-state index contributed by atoms with van der Waals surface area (Å²) in [7, 11) is 1.49. The van der Waals surface area contributed by atoms with Gasteiger partial charge in [-0.15, -0.1) is 0 Å². The van der Waals surface area contributed by atoms with Crippen LogP contribution in [-0.2, 0) is 0 Å². The Bertz CT molecular complexity index is 1330. The van der Waals surface area contributed by atoms with Crippen molar-refractivity contribution in [2.24, 2.45) is 0 Å². The van der Waals surface area contributed by atoms with Crippen LogP contribution in [0.25, 0.3) is 27.7 Å². The van der Waals surface area contributed by atoms with Crippen LogP contribution in [0.15, 0.2) is 51.8 Å². The van der Waals surface area contributed by atoms with E-state index in [1.165, 1.54) is 17.9 Å². The molecule has 0 aliphatic heterocycles. The maximum absolute atomic E-state index is 13.0. The number of rotatable bonds is 5. The standard InChI is InChI=1S/C21H19N3O4S/c1-4-12(2)27-17-8-5-13-11-14(6-7-15(13)23-17)24-20(25)18-19(28-21(24)29)16(26-3)9-10-22-18/h5-12H,4H2,1-3H3. The number of methoxy groups -OCH3 is 1. The van der Waals surface area contributed by atoms with Gasteiger partial charge in [0.1, 0.15) is 0 Å². The van der Waals surface area contributed by atoms with Gasteiger partial charge in [0.2, 0.25) is 11.5 Å². The van der Waals surface area contributed by atoms with Gasteiger partial charge in [-0.1, -0.05) is 6.92 Å². The number of pyridine rings is 2. The van der Waals surface area contributed by atoms with Crippen molar-refractivity contribution in [2.75, 3.05) is 7.11 Å². The molecule has 148 valence electrons. The lowest BCUT2D eigenvalue weighted by atomic mass is 10.2. The van der Waals surface area contributed by atoms with Gasteiger partial charge in [0.25, 0.3) is 10.4 Å². The number of aromatic nitrogens is 3. The fourth-order valence-electron chi connectivity index (χ4n) is 2.98. The molecule has 0 saturated carbocycles. The Kier molecular flexibility index (Phi) is 5.02. The van der Waals surface area contributed by atoms with E-state index in [1.807, 2.05) is 31.2 Å². The summed E-state index contributed by atoms with van der Waals surface area (Å²) in [5.74, 6) is 0.972. The van der Waals surface area contributed by atoms with Crippen molar-refractivity contribution in [3.8, 4) is 17.3 Å². The molecule has 1 unspecified atom stereocenters. The van der Waals surface area contributed by atoms with Crippen molar-refractivity contribution in [1.29, 1.82) is 0 Å². The van der Waals surface area contributed by atoms with Crippen LogP contribution in [0, 0.1) is 4.84 Å². The van der Waals surface area contributed by atoms with Gasteiger partial charge in [-0.3, -0.25) is 4.79 Å². The number of hydrogen-bond donors (Lipinski definition) is 0. The fraction of sp³-hybridized carbons (Fsp3) is 0.238. The average Bonchev–Trinajstić information content (AvgIpc) is 2.73. The minimum absolute atomic E-state index is 0.0119. The number of hydrogen-bond acceptors (Lipinski definition) is 7. The van der Waals surface area contributed by atoms with Crippen LogP contribution >= 0.6 is 12.2 Å². The Hall–Kier alpha value is -3.26. The van der Waals surface area contributed by atoms with Crippen molar-refractivity contribution >= 4 is 34.2 Å². The van der Waals surface area contributed by atoms with Gasteiger partial charge < -0.3 is 13.9 Å². The highest BCUT2D eigenvalue weighted by Gasteiger charge is 2.15. The molecule has 7 nitrogen and oxygen atoms in total. The molecule has 3 heterocycles. The molecular formula is C21H19N3O4S. The predicted octanol–water partition coefficient (Wildman–Crippen LogP) is 4.44. The van der Waals surface area contributed by atoms with Crippen LogP contribution in [0.3, 0.4) is 0 Å². The first-order valence-electron chi connectivity index (χ1n) is 9.18. The zero-order valence-electron chi connectivity index (χ0n) is 16.2. The zero-order chi connectivity index (χ0) is 20.5. The molecular weight excluding hydrogens is 390 g/mol. The van der Waals surface area contributed by atoms with Gasteiger partial charge in [0.05, 0.1) is 24.4 Å². The average molecular weight is 409 g/mol. The van der Waals surface area contributed by atoms with E-state index < -0.39 is 0 Å². The normalized spacial score (nSPS) is 12.2. The number of nitrogens with zero attached hydrogens (tertiary/aromatic N) is 3. The molecule has 0 aliphatic rings. The summed E-state index contributed by atoms with van der Waals surface area (Å²) in [4.78, 5) is 21.7. The van der Waals surface area contributed by atoms with Crippen LogP contribution in [0.4, 0.5) is 0 Å². The van der Waals surface area contributed by atoms with Gasteiger partial charge in [-0.2, -0.15) is 0 Å². The van der Waals surface area contributed by atoms with E-state index in [2.05, 4.69) is 16.9 Å². The number of benzene rings is 1. The maximum Gasteiger partial charge on any atom is 0.288 e. The molecule has 0 amide bonds. The summed E-state index contributed by atoms with van der Waals surface area (Å²) in [5, 5.41) is 0.846. The number of fused-ring (bicyclic) bond motifs is 2. The van der Waals surface area contributed by atoms with Crippen molar-refractivity contribution in [3.63, 3.8) is 0 Å². The molecule has 29 heavy (non-hydrogen) atoms. The summed E-state index contributed by atoms with van der Waals surface area (Å²) in [6.45, 7) is 4.06. The Balaban J connectivity index is 1.84. The van der Waals surface area contributed by atoms with E-state index in [0.717, 1.165) is 17.3 Å². The lowest BCUT2D eigenvalue weighted by Crippen LogP contribution is -2.20. The second-order valence-electron chi connectivity index (χ2n) is 6.56. The van der Waals surface area contributed by atoms with Gasteiger partial charge >= 0.3 is 0 Å². The fourth-order valence-corrected chi connectivity index (χ4v) is 3.25. The van der Waals surface area contributed by atoms with E-state index in [-0.39, 0.29) is 27.6 Å². The highest BCUT2D eigenvalue weighted by Crippen LogP contribution is 2.24. The lowest BCUT2D eigenvalue weighted by Gasteiger charge is -2.12. The molecule has 0 bridgehead atoms. The quantitative estimate of drug-likeness (QED) is 0.451. The molecule has 1 aromatic carbocycles. The molecule has 4 aromatic rings. The SMILES string of the molecule is CCC(C)Oc1ccc2cc(-n3c(=S)oc4c(OC)ccnc4c3=O)ccc2n1. The molecule has 0 spiro atoms. The maximum atomic E-state index is 13.0. The van der Waals surface area contributed by atoms with Crippen molar-refractivity contribution in [2.45, 2.75) is 26.4 Å². The van der Waals surface area contributed by atoms with Crippen molar-refractivity contribution in [3.05, 3.63) is 57.8 Å². The zero-order valence-corrected chi connectivity index (χ0v) is 17.0. The molecule has 0 fully saturated rings. The van der Waals surface area contributed by atoms with Gasteiger partial charge in [0, 0.05) is 23.7 Å². The third-order valence-electron chi connectivity index (χ3n) is 4.67. The van der Waals surface area contributed by atoms with Crippen molar-refractivity contribution < 1.29 is 13.9 Å². The second-order valence-corrected chi connectivity index (χ2v) is 6.91. The Morgan fingerprint density at radius 3 is 2.83 bits per heavy atom. The third kappa shape index (κ3) is 3.47. The minimum atomic E-state index is -0.376. The van der Waals surface area contributed by atoms with Crippen LogP contribution in [0.5, 0.6) is 11.6 Å². The molecule has 1 atom stereocenters. The Morgan fingerprint density at radius 2 is 2.07 bits per heavy atom. The molecule has 4 rings (SSSR count). The van der Waals surface area contributed by atoms with Gasteiger partial charge in [-0.25, -0.2) is 14.5 Å².